The van der Waals surface area contributed by atoms with Crippen LogP contribution in [0.3, 0.4) is 0 Å². The number of H-pyrrole nitrogens is 1. The van der Waals surface area contributed by atoms with Gasteiger partial charge in [0.1, 0.15) is 13.2 Å². The van der Waals surface area contributed by atoms with Gasteiger partial charge in [-0.2, -0.15) is 15.1 Å². The predicted octanol–water partition coefficient (Wildman–Crippen LogP) is 4.22. The van der Waals surface area contributed by atoms with E-state index >= 15 is 0 Å². The average molecular weight is 551 g/mol. The summed E-state index contributed by atoms with van der Waals surface area (Å²) in [6.07, 6.45) is 4.80. The van der Waals surface area contributed by atoms with Gasteiger partial charge in [-0.3, -0.25) is 9.89 Å². The molecule has 2 unspecified atom stereocenters. The van der Waals surface area contributed by atoms with Crippen molar-refractivity contribution in [1.82, 2.24) is 30.0 Å². The molecule has 0 bridgehead atoms. The molecule has 10 nitrogen and oxygen atoms in total. The molecule has 2 saturated heterocycles. The Morgan fingerprint density at radius 3 is 2.88 bits per heavy atom. The van der Waals surface area contributed by atoms with Crippen molar-refractivity contribution in [3.8, 4) is 17.6 Å². The summed E-state index contributed by atoms with van der Waals surface area (Å²) in [6.45, 7) is 9.34. The number of hydrogen-bond donors (Lipinski definition) is 1. The van der Waals surface area contributed by atoms with Crippen LogP contribution in [0.1, 0.15) is 61.4 Å². The van der Waals surface area contributed by atoms with Gasteiger partial charge in [-0.1, -0.05) is 12.6 Å². The second-order valence-corrected chi connectivity index (χ2v) is 11.1. The molecule has 0 saturated carbocycles. The number of halogens is 1. The lowest BCUT2D eigenvalue weighted by Gasteiger charge is -2.38. The van der Waals surface area contributed by atoms with Crippen LogP contribution >= 0.6 is 0 Å². The first kappa shape index (κ1) is 26.5. The van der Waals surface area contributed by atoms with Gasteiger partial charge in [0.05, 0.1) is 17.4 Å². The van der Waals surface area contributed by atoms with E-state index in [4.69, 9.17) is 19.2 Å². The van der Waals surface area contributed by atoms with E-state index in [1.165, 1.54) is 4.90 Å². The molecular weight excluding hydrogens is 515 g/mol. The molecule has 0 spiro atoms. The van der Waals surface area contributed by atoms with Crippen molar-refractivity contribution < 1.29 is 23.4 Å². The zero-order valence-electron chi connectivity index (χ0n) is 23.2. The number of aromatic amines is 1. The second kappa shape index (κ2) is 10.7. The number of nitrogens with one attached hydrogen (secondary N) is 1. The standard InChI is InChI=1S/C29H35FN6O4/c1-16-7-8-22-21(13-31-34-22)24(16)23-15-38-26-25(19-9-11-36(17(2)12-19)28(37)18(3)30)32-29(33-27(26)40-23)39-14-20-6-5-10-35(20)4/h7-8,13,17,19-20,23H,3,5-6,9-12,14-15H2,1-2,4H3,(H,31,34)/t17-,19?,20+,23?/m1/s1. The van der Waals surface area contributed by atoms with E-state index in [0.717, 1.165) is 41.4 Å². The van der Waals surface area contributed by atoms with Crippen LogP contribution in [0.25, 0.3) is 10.9 Å². The maximum atomic E-state index is 13.6. The van der Waals surface area contributed by atoms with Crippen molar-refractivity contribution in [2.75, 3.05) is 33.4 Å². The van der Waals surface area contributed by atoms with Gasteiger partial charge in [0, 0.05) is 35.5 Å². The SMILES string of the molecule is C=C(F)C(=O)N1CCC(c2nc(OC[C@@H]3CCCN3C)nc3c2OCC(c2c(C)ccc4[nH]ncc24)O3)C[C@H]1C. The number of fused-ring (bicyclic) bond motifs is 2. The summed E-state index contributed by atoms with van der Waals surface area (Å²) >= 11 is 0. The number of likely N-dealkylation sites (N-methyl/N-ethyl adjacent to an activating group) is 1. The molecule has 40 heavy (non-hydrogen) atoms. The molecule has 0 radical (unpaired) electrons. The highest BCUT2D eigenvalue weighted by Gasteiger charge is 2.37. The maximum Gasteiger partial charge on any atom is 0.320 e. The van der Waals surface area contributed by atoms with E-state index in [2.05, 4.69) is 33.7 Å². The van der Waals surface area contributed by atoms with Crippen LogP contribution < -0.4 is 14.2 Å². The Morgan fingerprint density at radius 1 is 1.27 bits per heavy atom. The third kappa shape index (κ3) is 4.87. The van der Waals surface area contributed by atoms with Crippen molar-refractivity contribution in [2.45, 2.75) is 63.6 Å². The number of aryl methyl sites for hydroxylation is 1. The molecule has 1 aromatic carbocycles. The molecule has 2 aromatic heterocycles. The van der Waals surface area contributed by atoms with Crippen LogP contribution in [-0.2, 0) is 4.79 Å². The van der Waals surface area contributed by atoms with Gasteiger partial charge in [-0.05, 0) is 64.8 Å². The number of nitrogens with zero attached hydrogens (tertiary/aromatic N) is 5. The monoisotopic (exact) mass is 550 g/mol. The van der Waals surface area contributed by atoms with Crippen LogP contribution in [-0.4, -0.2) is 81.3 Å². The number of piperidine rings is 1. The van der Waals surface area contributed by atoms with Crippen molar-refractivity contribution in [3.63, 3.8) is 0 Å². The first-order valence-corrected chi connectivity index (χ1v) is 13.9. The van der Waals surface area contributed by atoms with Crippen LogP contribution in [0.15, 0.2) is 30.7 Å². The first-order chi connectivity index (χ1) is 19.3. The molecule has 4 atom stereocenters. The lowest BCUT2D eigenvalue weighted by Crippen LogP contribution is -2.44. The normalized spacial score (nSPS) is 24.9. The largest absolute Gasteiger partial charge is 0.482 e. The van der Waals surface area contributed by atoms with Crippen molar-refractivity contribution in [2.24, 2.45) is 0 Å². The summed E-state index contributed by atoms with van der Waals surface area (Å²) < 4.78 is 32.6. The highest BCUT2D eigenvalue weighted by molar-refractivity contribution is 5.90. The number of benzene rings is 1. The fourth-order valence-corrected chi connectivity index (χ4v) is 6.27. The Balaban J connectivity index is 1.32. The number of rotatable bonds is 6. The van der Waals surface area contributed by atoms with Crippen molar-refractivity contribution in [3.05, 3.63) is 47.6 Å². The number of hydrogen-bond acceptors (Lipinski definition) is 8. The molecule has 1 N–H and O–H groups in total. The van der Waals surface area contributed by atoms with E-state index in [1.807, 2.05) is 26.0 Å². The minimum absolute atomic E-state index is 0.0422. The molecule has 2 fully saturated rings. The molecule has 3 aliphatic heterocycles. The van der Waals surface area contributed by atoms with Gasteiger partial charge >= 0.3 is 6.01 Å². The minimum atomic E-state index is -0.942. The van der Waals surface area contributed by atoms with Gasteiger partial charge < -0.3 is 24.0 Å². The van der Waals surface area contributed by atoms with Crippen molar-refractivity contribution in [1.29, 1.82) is 0 Å². The highest BCUT2D eigenvalue weighted by Crippen LogP contribution is 2.45. The molecule has 3 aromatic rings. The summed E-state index contributed by atoms with van der Waals surface area (Å²) in [5, 5.41) is 8.21. The van der Waals surface area contributed by atoms with Crippen LogP contribution in [0, 0.1) is 6.92 Å². The smallest absolute Gasteiger partial charge is 0.320 e. The number of aromatic nitrogens is 4. The second-order valence-electron chi connectivity index (χ2n) is 11.1. The van der Waals surface area contributed by atoms with Gasteiger partial charge in [0.2, 0.25) is 5.75 Å². The van der Waals surface area contributed by atoms with E-state index < -0.39 is 11.7 Å². The van der Waals surface area contributed by atoms with E-state index in [-0.39, 0.29) is 30.7 Å². The summed E-state index contributed by atoms with van der Waals surface area (Å²) in [5.41, 5.74) is 3.70. The third-order valence-corrected chi connectivity index (χ3v) is 8.51. The quantitative estimate of drug-likeness (QED) is 0.455. The van der Waals surface area contributed by atoms with Crippen LogP contribution in [0.5, 0.6) is 17.6 Å². The number of amides is 1. The summed E-state index contributed by atoms with van der Waals surface area (Å²) in [7, 11) is 2.10. The minimum Gasteiger partial charge on any atom is -0.482 e. The topological polar surface area (TPSA) is 106 Å². The van der Waals surface area contributed by atoms with E-state index in [9.17, 15) is 9.18 Å². The molecular formula is C29H35FN6O4. The molecule has 11 heteroatoms. The fraction of sp³-hybridized carbons (Fsp3) is 0.517. The highest BCUT2D eigenvalue weighted by atomic mass is 19.1. The lowest BCUT2D eigenvalue weighted by atomic mass is 9.88. The fourth-order valence-electron chi connectivity index (χ4n) is 6.27. The zero-order valence-corrected chi connectivity index (χ0v) is 23.2. The Bertz CT molecular complexity index is 1440. The molecule has 6 rings (SSSR count). The summed E-state index contributed by atoms with van der Waals surface area (Å²) in [5.74, 6) is -0.793. The van der Waals surface area contributed by atoms with Gasteiger partial charge in [-0.25, -0.2) is 4.39 Å². The molecule has 5 heterocycles. The van der Waals surface area contributed by atoms with Crippen molar-refractivity contribution >= 4 is 16.8 Å². The van der Waals surface area contributed by atoms with Gasteiger partial charge in [-0.15, -0.1) is 0 Å². The first-order valence-electron chi connectivity index (χ1n) is 13.9. The number of carbonyl (C=O) groups excluding carboxylic acids is 1. The molecule has 1 amide bonds. The predicted molar refractivity (Wildman–Crippen MR) is 146 cm³/mol. The van der Waals surface area contributed by atoms with Crippen LogP contribution in [0.2, 0.25) is 0 Å². The summed E-state index contributed by atoms with van der Waals surface area (Å²) in [4.78, 5) is 25.6. The Morgan fingerprint density at radius 2 is 2.12 bits per heavy atom. The number of ether oxygens (including phenoxy) is 3. The molecule has 212 valence electrons. The summed E-state index contributed by atoms with van der Waals surface area (Å²) in [6, 6.07) is 4.40. The average Bonchev–Trinajstić information content (AvgIpc) is 3.59. The van der Waals surface area contributed by atoms with Gasteiger partial charge in [0.15, 0.2) is 11.9 Å². The number of likely N-dealkylation sites (tertiary alicyclic amines) is 2. The van der Waals surface area contributed by atoms with Crippen LogP contribution in [0.4, 0.5) is 4.39 Å². The third-order valence-electron chi connectivity index (χ3n) is 8.51. The Labute approximate surface area is 232 Å². The molecule has 0 aliphatic carbocycles. The van der Waals surface area contributed by atoms with Gasteiger partial charge in [0.25, 0.3) is 11.8 Å². The Hall–Kier alpha value is -3.73. The van der Waals surface area contributed by atoms with E-state index in [0.29, 0.717) is 49.4 Å². The Kier molecular flexibility index (Phi) is 7.07. The zero-order chi connectivity index (χ0) is 28.0. The maximum absolute atomic E-state index is 13.6. The lowest BCUT2D eigenvalue weighted by molar-refractivity contribution is -0.132. The molecule has 3 aliphatic rings. The van der Waals surface area contributed by atoms with E-state index in [1.54, 1.807) is 6.20 Å². The number of carbonyl (C=O) groups is 1.